The van der Waals surface area contributed by atoms with E-state index in [2.05, 4.69) is 0 Å². The highest BCUT2D eigenvalue weighted by atomic mass is 35.5. The fraction of sp³-hybridized carbons (Fsp3) is 0.0714. The van der Waals surface area contributed by atoms with Gasteiger partial charge < -0.3 is 0 Å². The largest absolute Gasteiger partial charge is 0.298 e. The summed E-state index contributed by atoms with van der Waals surface area (Å²) < 4.78 is 13.7. The lowest BCUT2D eigenvalue weighted by atomic mass is 10.0. The molecule has 86 valence electrons. The summed E-state index contributed by atoms with van der Waals surface area (Å²) in [6, 6.07) is 9.56. The number of aldehydes is 1. The molecule has 0 radical (unpaired) electrons. The van der Waals surface area contributed by atoms with Gasteiger partial charge in [-0.05, 0) is 42.3 Å². The van der Waals surface area contributed by atoms with Crippen LogP contribution in [0, 0.1) is 12.7 Å². The second-order valence-electron chi connectivity index (χ2n) is 3.82. The van der Waals surface area contributed by atoms with Crippen LogP contribution in [0.2, 0.25) is 5.02 Å². The molecule has 0 bridgehead atoms. The summed E-state index contributed by atoms with van der Waals surface area (Å²) in [4.78, 5) is 10.7. The Kier molecular flexibility index (Phi) is 3.25. The van der Waals surface area contributed by atoms with Gasteiger partial charge in [0.2, 0.25) is 0 Å². The Morgan fingerprint density at radius 3 is 2.59 bits per heavy atom. The first kappa shape index (κ1) is 11.8. The van der Waals surface area contributed by atoms with Crippen LogP contribution < -0.4 is 0 Å². The molecule has 0 saturated heterocycles. The predicted octanol–water partition coefficient (Wildman–Crippen LogP) is 4.27. The van der Waals surface area contributed by atoms with Crippen LogP contribution >= 0.6 is 11.6 Å². The molecule has 0 saturated carbocycles. The Hall–Kier alpha value is -1.67. The molecule has 0 aliphatic heterocycles. The molecule has 0 heterocycles. The van der Waals surface area contributed by atoms with Crippen molar-refractivity contribution in [2.24, 2.45) is 0 Å². The van der Waals surface area contributed by atoms with E-state index < -0.39 is 0 Å². The molecule has 0 aliphatic rings. The second-order valence-corrected chi connectivity index (χ2v) is 4.23. The normalized spacial score (nSPS) is 10.3. The molecule has 1 nitrogen and oxygen atoms in total. The van der Waals surface area contributed by atoms with Crippen LogP contribution in [0.4, 0.5) is 4.39 Å². The molecule has 0 N–H and O–H groups in total. The summed E-state index contributed by atoms with van der Waals surface area (Å²) in [5.41, 5.74) is 2.43. The van der Waals surface area contributed by atoms with Crippen LogP contribution in [0.25, 0.3) is 11.1 Å². The van der Waals surface area contributed by atoms with Crippen LogP contribution in [0.1, 0.15) is 15.9 Å². The second kappa shape index (κ2) is 4.68. The maximum absolute atomic E-state index is 13.7. The quantitative estimate of drug-likeness (QED) is 0.726. The third-order valence-corrected chi connectivity index (χ3v) is 3.02. The van der Waals surface area contributed by atoms with E-state index in [0.29, 0.717) is 28.0 Å². The Labute approximate surface area is 104 Å². The summed E-state index contributed by atoms with van der Waals surface area (Å²) in [5, 5.41) is 0.582. The molecule has 3 heteroatoms. The molecule has 0 atom stereocenters. The van der Waals surface area contributed by atoms with E-state index in [1.54, 1.807) is 12.1 Å². The number of aryl methyl sites for hydroxylation is 1. The first-order valence-corrected chi connectivity index (χ1v) is 5.51. The third-order valence-electron chi connectivity index (χ3n) is 2.61. The van der Waals surface area contributed by atoms with E-state index in [1.165, 1.54) is 18.2 Å². The summed E-state index contributed by atoms with van der Waals surface area (Å²) >= 11 is 6.00. The summed E-state index contributed by atoms with van der Waals surface area (Å²) in [6.45, 7) is 1.88. The first-order valence-electron chi connectivity index (χ1n) is 5.13. The summed E-state index contributed by atoms with van der Waals surface area (Å²) in [6.07, 6.45) is 0.693. The maximum Gasteiger partial charge on any atom is 0.150 e. The van der Waals surface area contributed by atoms with Crippen molar-refractivity contribution in [3.8, 4) is 11.1 Å². The van der Waals surface area contributed by atoms with E-state index in [0.717, 1.165) is 5.56 Å². The number of benzene rings is 2. The molecule has 0 amide bonds. The highest BCUT2D eigenvalue weighted by Gasteiger charge is 2.07. The van der Waals surface area contributed by atoms with E-state index in [1.807, 2.05) is 13.0 Å². The van der Waals surface area contributed by atoms with Gasteiger partial charge in [-0.1, -0.05) is 23.7 Å². The number of carbonyl (C=O) groups is 1. The molecule has 2 aromatic carbocycles. The van der Waals surface area contributed by atoms with Gasteiger partial charge in [0.05, 0.1) is 0 Å². The van der Waals surface area contributed by atoms with Crippen LogP contribution in [0.5, 0.6) is 0 Å². The van der Waals surface area contributed by atoms with Crippen molar-refractivity contribution in [3.63, 3.8) is 0 Å². The zero-order valence-corrected chi connectivity index (χ0v) is 9.96. The van der Waals surface area contributed by atoms with Crippen molar-refractivity contribution < 1.29 is 9.18 Å². The van der Waals surface area contributed by atoms with Crippen molar-refractivity contribution in [2.75, 3.05) is 0 Å². The number of hydrogen-bond acceptors (Lipinski definition) is 1. The third kappa shape index (κ3) is 2.37. The van der Waals surface area contributed by atoms with Crippen LogP contribution in [0.3, 0.4) is 0 Å². The number of rotatable bonds is 2. The maximum atomic E-state index is 13.7. The van der Waals surface area contributed by atoms with Gasteiger partial charge in [0.1, 0.15) is 12.1 Å². The fourth-order valence-electron chi connectivity index (χ4n) is 1.60. The fourth-order valence-corrected chi connectivity index (χ4v) is 1.78. The standard InChI is InChI=1S/C14H10ClFO/c1-9-2-4-11(7-13(9)15)12-6-10(8-17)3-5-14(12)16/h2-8H,1H3. The molecule has 0 spiro atoms. The van der Waals surface area contributed by atoms with Gasteiger partial charge in [0.25, 0.3) is 0 Å². The van der Waals surface area contributed by atoms with Gasteiger partial charge in [0.15, 0.2) is 0 Å². The first-order chi connectivity index (χ1) is 8.11. The van der Waals surface area contributed by atoms with E-state index >= 15 is 0 Å². The zero-order valence-electron chi connectivity index (χ0n) is 9.21. The van der Waals surface area contributed by atoms with Gasteiger partial charge in [-0.15, -0.1) is 0 Å². The lowest BCUT2D eigenvalue weighted by molar-refractivity contribution is 0.112. The predicted molar refractivity (Wildman–Crippen MR) is 67.0 cm³/mol. The van der Waals surface area contributed by atoms with Gasteiger partial charge in [0, 0.05) is 16.1 Å². The van der Waals surface area contributed by atoms with Crippen molar-refractivity contribution in [2.45, 2.75) is 6.92 Å². The van der Waals surface area contributed by atoms with Gasteiger partial charge in [-0.3, -0.25) is 4.79 Å². The lowest BCUT2D eigenvalue weighted by Crippen LogP contribution is -1.88. The lowest BCUT2D eigenvalue weighted by Gasteiger charge is -2.06. The number of hydrogen-bond donors (Lipinski definition) is 0. The molecule has 2 aromatic rings. The smallest absolute Gasteiger partial charge is 0.150 e. The number of halogens is 2. The van der Waals surface area contributed by atoms with Gasteiger partial charge in [-0.25, -0.2) is 4.39 Å². The van der Waals surface area contributed by atoms with Crippen LogP contribution in [0.15, 0.2) is 36.4 Å². The Morgan fingerprint density at radius 1 is 1.18 bits per heavy atom. The van der Waals surface area contributed by atoms with Crippen molar-refractivity contribution in [3.05, 3.63) is 58.4 Å². The summed E-state index contributed by atoms with van der Waals surface area (Å²) in [5.74, 6) is -0.365. The van der Waals surface area contributed by atoms with E-state index in [9.17, 15) is 9.18 Å². The molecule has 0 aromatic heterocycles. The minimum Gasteiger partial charge on any atom is -0.298 e. The molecular weight excluding hydrogens is 239 g/mol. The molecular formula is C14H10ClFO. The molecule has 0 aliphatic carbocycles. The van der Waals surface area contributed by atoms with E-state index in [-0.39, 0.29) is 5.82 Å². The molecule has 17 heavy (non-hydrogen) atoms. The van der Waals surface area contributed by atoms with Crippen molar-refractivity contribution >= 4 is 17.9 Å². The van der Waals surface area contributed by atoms with Gasteiger partial charge >= 0.3 is 0 Å². The molecule has 2 rings (SSSR count). The van der Waals surface area contributed by atoms with Crippen molar-refractivity contribution in [1.29, 1.82) is 0 Å². The average molecular weight is 249 g/mol. The topological polar surface area (TPSA) is 17.1 Å². The highest BCUT2D eigenvalue weighted by molar-refractivity contribution is 6.31. The molecule has 0 fully saturated rings. The zero-order chi connectivity index (χ0) is 12.4. The highest BCUT2D eigenvalue weighted by Crippen LogP contribution is 2.27. The van der Waals surface area contributed by atoms with Gasteiger partial charge in [-0.2, -0.15) is 0 Å². The Bertz CT molecular complexity index is 578. The van der Waals surface area contributed by atoms with Crippen molar-refractivity contribution in [1.82, 2.24) is 0 Å². The van der Waals surface area contributed by atoms with Crippen LogP contribution in [-0.4, -0.2) is 6.29 Å². The number of carbonyl (C=O) groups excluding carboxylic acids is 1. The Balaban J connectivity index is 2.58. The molecule has 0 unspecified atom stereocenters. The summed E-state index contributed by atoms with van der Waals surface area (Å²) in [7, 11) is 0. The average Bonchev–Trinajstić information content (AvgIpc) is 2.33. The monoisotopic (exact) mass is 248 g/mol. The van der Waals surface area contributed by atoms with E-state index in [4.69, 9.17) is 11.6 Å². The Morgan fingerprint density at radius 2 is 1.94 bits per heavy atom. The minimum atomic E-state index is -0.365. The minimum absolute atomic E-state index is 0.365. The van der Waals surface area contributed by atoms with Crippen LogP contribution in [-0.2, 0) is 0 Å². The SMILES string of the molecule is Cc1ccc(-c2cc(C=O)ccc2F)cc1Cl.